The van der Waals surface area contributed by atoms with Crippen LogP contribution in [-0.2, 0) is 11.3 Å². The summed E-state index contributed by atoms with van der Waals surface area (Å²) in [5.74, 6) is 6.49. The maximum Gasteiger partial charge on any atom is 0.181 e. The number of anilines is 1. The van der Waals surface area contributed by atoms with Crippen LogP contribution in [0.25, 0.3) is 0 Å². The molecule has 2 aromatic rings. The summed E-state index contributed by atoms with van der Waals surface area (Å²) in [6, 6.07) is 1.75. The van der Waals surface area contributed by atoms with Crippen LogP contribution in [0.5, 0.6) is 0 Å². The molecule has 7 nitrogen and oxygen atoms in total. The lowest BCUT2D eigenvalue weighted by Crippen LogP contribution is -2.11. The van der Waals surface area contributed by atoms with E-state index in [1.165, 1.54) is 23.1 Å². The zero-order valence-electron chi connectivity index (χ0n) is 10.3. The number of nitrogens with two attached hydrogens (primary N) is 1. The third kappa shape index (κ3) is 4.01. The topological polar surface area (TPSA) is 98.8 Å². The monoisotopic (exact) mass is 316 g/mol. The molecule has 0 atom stereocenters. The van der Waals surface area contributed by atoms with Crippen LogP contribution in [0, 0.1) is 0 Å². The lowest BCUT2D eigenvalue weighted by Gasteiger charge is -2.05. The highest BCUT2D eigenvalue weighted by Crippen LogP contribution is 2.32. The van der Waals surface area contributed by atoms with Gasteiger partial charge in [-0.15, -0.1) is 10.2 Å². The van der Waals surface area contributed by atoms with Crippen molar-refractivity contribution in [3.05, 3.63) is 11.9 Å². The summed E-state index contributed by atoms with van der Waals surface area (Å²) in [5, 5.41) is 8.86. The van der Waals surface area contributed by atoms with Crippen LogP contribution >= 0.6 is 34.9 Å². The van der Waals surface area contributed by atoms with Gasteiger partial charge in [-0.3, -0.25) is 0 Å². The average molecular weight is 316 g/mol. The zero-order valence-corrected chi connectivity index (χ0v) is 12.7. The maximum atomic E-state index is 5.38. The van der Waals surface area contributed by atoms with E-state index in [4.69, 9.17) is 10.6 Å². The molecule has 0 spiro atoms. The second-order valence-corrected chi connectivity index (χ2v) is 6.52. The molecule has 0 bridgehead atoms. The number of thioether (sulfide) groups is 1. The van der Waals surface area contributed by atoms with Gasteiger partial charge in [0.15, 0.2) is 14.5 Å². The number of nitrogen functional groups attached to an aromatic ring is 1. The first-order valence-corrected chi connectivity index (χ1v) is 7.99. The molecule has 0 amide bonds. The van der Waals surface area contributed by atoms with Gasteiger partial charge in [-0.1, -0.05) is 23.1 Å². The van der Waals surface area contributed by atoms with Crippen LogP contribution in [0.3, 0.4) is 0 Å². The zero-order chi connectivity index (χ0) is 13.7. The highest BCUT2D eigenvalue weighted by Gasteiger charge is 2.09. The van der Waals surface area contributed by atoms with Gasteiger partial charge in [0.05, 0.1) is 0 Å². The minimum absolute atomic E-state index is 0.329. The number of hydrogen-bond acceptors (Lipinski definition) is 10. The molecule has 2 heterocycles. The Morgan fingerprint density at radius 2 is 2.16 bits per heavy atom. The molecule has 19 heavy (non-hydrogen) atoms. The number of ether oxygens (including phenoxy) is 1. The van der Waals surface area contributed by atoms with Crippen LogP contribution < -0.4 is 11.3 Å². The fraction of sp³-hybridized carbons (Fsp3) is 0.333. The molecule has 0 saturated heterocycles. The van der Waals surface area contributed by atoms with Crippen molar-refractivity contribution >= 4 is 40.7 Å². The quantitative estimate of drug-likeness (QED) is 0.356. The van der Waals surface area contributed by atoms with Crippen molar-refractivity contribution in [1.29, 1.82) is 0 Å². The second-order valence-electron chi connectivity index (χ2n) is 3.23. The van der Waals surface area contributed by atoms with Gasteiger partial charge < -0.3 is 10.2 Å². The summed E-state index contributed by atoms with van der Waals surface area (Å²) >= 11 is 4.51. The molecule has 0 unspecified atom stereocenters. The van der Waals surface area contributed by atoms with E-state index in [2.05, 4.69) is 25.6 Å². The van der Waals surface area contributed by atoms with E-state index < -0.39 is 0 Å². The number of nitrogens with zero attached hydrogens (tertiary/aromatic N) is 4. The van der Waals surface area contributed by atoms with E-state index in [1.54, 1.807) is 24.9 Å². The number of methoxy groups -OCH3 is 1. The van der Waals surface area contributed by atoms with Crippen LogP contribution in [0.4, 0.5) is 5.82 Å². The molecule has 2 aromatic heterocycles. The first kappa shape index (κ1) is 14.5. The van der Waals surface area contributed by atoms with Crippen LogP contribution in [0.1, 0.15) is 5.82 Å². The molecule has 0 radical (unpaired) electrons. The number of nitrogens with one attached hydrogen (secondary N) is 1. The molecule has 3 N–H and O–H groups in total. The Kier molecular flexibility index (Phi) is 5.34. The van der Waals surface area contributed by atoms with Crippen LogP contribution in [0.15, 0.2) is 19.8 Å². The molecule has 10 heteroatoms. The maximum absolute atomic E-state index is 5.38. The molecule has 0 fully saturated rings. The van der Waals surface area contributed by atoms with Gasteiger partial charge in [-0.05, 0) is 18.0 Å². The van der Waals surface area contributed by atoms with Gasteiger partial charge in [0.1, 0.15) is 17.5 Å². The van der Waals surface area contributed by atoms with Crippen molar-refractivity contribution < 1.29 is 4.74 Å². The van der Waals surface area contributed by atoms with Gasteiger partial charge >= 0.3 is 0 Å². The standard InChI is InChI=1S/C9H12N6OS3/c1-16-4-6-11-5(13-10)3-7(12-6)18-9-15-14-8(17-2)19-9/h3H,4,10H2,1-2H3,(H,11,12,13). The Hall–Kier alpha value is -0.940. The van der Waals surface area contributed by atoms with E-state index in [0.29, 0.717) is 18.2 Å². The Morgan fingerprint density at radius 3 is 2.79 bits per heavy atom. The molecule has 0 aliphatic rings. The second kappa shape index (κ2) is 7.01. The van der Waals surface area contributed by atoms with Crippen molar-refractivity contribution in [3.8, 4) is 0 Å². The fourth-order valence-corrected chi connectivity index (χ4v) is 3.61. The highest BCUT2D eigenvalue weighted by molar-refractivity contribution is 8.02. The summed E-state index contributed by atoms with van der Waals surface area (Å²) in [4.78, 5) is 8.55. The first-order chi connectivity index (χ1) is 9.25. The number of hydrogen-bond donors (Lipinski definition) is 2. The third-order valence-electron chi connectivity index (χ3n) is 1.92. The van der Waals surface area contributed by atoms with Gasteiger partial charge in [-0.2, -0.15) is 0 Å². The molecule has 2 rings (SSSR count). The summed E-state index contributed by atoms with van der Waals surface area (Å²) in [6.45, 7) is 0.329. The number of aromatic nitrogens is 4. The van der Waals surface area contributed by atoms with Gasteiger partial charge in [0, 0.05) is 13.2 Å². The molecular weight excluding hydrogens is 304 g/mol. The molecule has 0 aliphatic heterocycles. The average Bonchev–Trinajstić information content (AvgIpc) is 2.86. The highest BCUT2D eigenvalue weighted by atomic mass is 32.2. The van der Waals surface area contributed by atoms with Gasteiger partial charge in [0.25, 0.3) is 0 Å². The van der Waals surface area contributed by atoms with Crippen LogP contribution in [-0.4, -0.2) is 33.5 Å². The Labute approximate surface area is 122 Å². The molecule has 102 valence electrons. The first-order valence-electron chi connectivity index (χ1n) is 5.14. The van der Waals surface area contributed by atoms with Crippen molar-refractivity contribution in [2.45, 2.75) is 20.3 Å². The Balaban J connectivity index is 2.20. The van der Waals surface area contributed by atoms with Crippen LogP contribution in [0.2, 0.25) is 0 Å². The third-order valence-corrected chi connectivity index (χ3v) is 4.79. The van der Waals surface area contributed by atoms with E-state index >= 15 is 0 Å². The summed E-state index contributed by atoms with van der Waals surface area (Å²) < 4.78 is 6.77. The van der Waals surface area contributed by atoms with E-state index in [9.17, 15) is 0 Å². The molecule has 0 aromatic carbocycles. The smallest absolute Gasteiger partial charge is 0.181 e. The lowest BCUT2D eigenvalue weighted by atomic mass is 10.5. The van der Waals surface area contributed by atoms with Gasteiger partial charge in [-0.25, -0.2) is 15.8 Å². The summed E-state index contributed by atoms with van der Waals surface area (Å²) in [6.07, 6.45) is 1.97. The Morgan fingerprint density at radius 1 is 1.37 bits per heavy atom. The minimum atomic E-state index is 0.329. The normalized spacial score (nSPS) is 10.7. The van der Waals surface area contributed by atoms with E-state index in [0.717, 1.165) is 13.7 Å². The van der Waals surface area contributed by atoms with Crippen molar-refractivity contribution in [2.24, 2.45) is 5.84 Å². The summed E-state index contributed by atoms with van der Waals surface area (Å²) in [7, 11) is 1.59. The van der Waals surface area contributed by atoms with E-state index in [-0.39, 0.29) is 0 Å². The van der Waals surface area contributed by atoms with Crippen molar-refractivity contribution in [1.82, 2.24) is 20.2 Å². The van der Waals surface area contributed by atoms with E-state index in [1.807, 2.05) is 6.26 Å². The minimum Gasteiger partial charge on any atom is -0.377 e. The fourth-order valence-electron chi connectivity index (χ4n) is 1.20. The van der Waals surface area contributed by atoms with Crippen molar-refractivity contribution in [3.63, 3.8) is 0 Å². The summed E-state index contributed by atoms with van der Waals surface area (Å²) in [5.41, 5.74) is 2.51. The largest absolute Gasteiger partial charge is 0.377 e. The number of rotatable bonds is 6. The number of hydrazine groups is 1. The lowest BCUT2D eigenvalue weighted by molar-refractivity contribution is 0.177. The SMILES string of the molecule is COCc1nc(NN)cc(Sc2nnc(SC)s2)n1. The molecule has 0 aliphatic carbocycles. The van der Waals surface area contributed by atoms with Gasteiger partial charge in [0.2, 0.25) is 0 Å². The van der Waals surface area contributed by atoms with Crippen molar-refractivity contribution in [2.75, 3.05) is 18.8 Å². The predicted octanol–water partition coefficient (Wildman–Crippen LogP) is 1.63. The Bertz CT molecular complexity index is 549. The molecular formula is C9H12N6OS3. The molecule has 0 saturated carbocycles. The predicted molar refractivity (Wildman–Crippen MR) is 76.4 cm³/mol.